The summed E-state index contributed by atoms with van der Waals surface area (Å²) in [6.45, 7) is -0.265. The summed E-state index contributed by atoms with van der Waals surface area (Å²) in [5.41, 5.74) is 1.23. The van der Waals surface area contributed by atoms with E-state index in [1.807, 2.05) is 0 Å². The molecular weight excluding hydrogens is 391 g/mol. The summed E-state index contributed by atoms with van der Waals surface area (Å²) < 4.78 is 50.0. The number of amides is 1. The molecule has 2 aromatic rings. The van der Waals surface area contributed by atoms with Crippen LogP contribution in [0.25, 0.3) is 6.08 Å². The van der Waals surface area contributed by atoms with Crippen molar-refractivity contribution in [1.29, 1.82) is 0 Å². The molecule has 6 nitrogen and oxygen atoms in total. The molecule has 0 aliphatic rings. The lowest BCUT2D eigenvalue weighted by Crippen LogP contribution is -2.28. The van der Waals surface area contributed by atoms with E-state index in [0.717, 1.165) is 23.8 Å². The van der Waals surface area contributed by atoms with Gasteiger partial charge in [-0.2, -0.15) is 0 Å². The predicted octanol–water partition coefficient (Wildman–Crippen LogP) is 3.47. The van der Waals surface area contributed by atoms with Crippen molar-refractivity contribution in [2.24, 2.45) is 0 Å². The second-order valence-electron chi connectivity index (χ2n) is 5.65. The number of hydrogen-bond donors (Lipinski definition) is 1. The summed E-state index contributed by atoms with van der Waals surface area (Å²) in [6.07, 6.45) is -2.37. The van der Waals surface area contributed by atoms with E-state index in [9.17, 15) is 22.8 Å². The minimum absolute atomic E-state index is 0.211. The van der Waals surface area contributed by atoms with Crippen LogP contribution in [-0.2, 0) is 20.9 Å². The van der Waals surface area contributed by atoms with Crippen molar-refractivity contribution < 1.29 is 37.0 Å². The van der Waals surface area contributed by atoms with E-state index in [2.05, 4.69) is 10.1 Å². The quantitative estimate of drug-likeness (QED) is 0.534. The van der Waals surface area contributed by atoms with Crippen molar-refractivity contribution >= 4 is 18.0 Å². The number of halogens is 3. The lowest BCUT2D eigenvalue weighted by atomic mass is 10.2. The van der Waals surface area contributed by atoms with Crippen molar-refractivity contribution in [1.82, 2.24) is 5.32 Å². The molecule has 0 saturated carbocycles. The molecule has 1 amide bonds. The Kier molecular flexibility index (Phi) is 7.64. The zero-order chi connectivity index (χ0) is 21.3. The van der Waals surface area contributed by atoms with Gasteiger partial charge in [-0.15, -0.1) is 13.2 Å². The van der Waals surface area contributed by atoms with Gasteiger partial charge in [0.25, 0.3) is 5.91 Å². The Morgan fingerprint density at radius 2 is 1.76 bits per heavy atom. The van der Waals surface area contributed by atoms with Gasteiger partial charge in [0.2, 0.25) is 0 Å². The Hall–Kier alpha value is -3.49. The summed E-state index contributed by atoms with van der Waals surface area (Å²) in [4.78, 5) is 23.5. The third kappa shape index (κ3) is 7.96. The highest BCUT2D eigenvalue weighted by molar-refractivity contribution is 5.89. The molecule has 0 saturated heterocycles. The molecule has 0 fully saturated rings. The van der Waals surface area contributed by atoms with Crippen LogP contribution in [0.15, 0.2) is 54.6 Å². The molecule has 0 aliphatic carbocycles. The molecule has 0 atom stereocenters. The largest absolute Gasteiger partial charge is 0.573 e. The molecule has 0 radical (unpaired) electrons. The minimum Gasteiger partial charge on any atom is -0.496 e. The molecule has 0 heterocycles. The topological polar surface area (TPSA) is 73.9 Å². The van der Waals surface area contributed by atoms with Crippen LogP contribution in [-0.4, -0.2) is 32.0 Å². The van der Waals surface area contributed by atoms with Crippen molar-refractivity contribution in [3.63, 3.8) is 0 Å². The van der Waals surface area contributed by atoms with Gasteiger partial charge in [0.05, 0.1) is 7.11 Å². The van der Waals surface area contributed by atoms with E-state index in [0.29, 0.717) is 11.3 Å². The molecule has 0 aromatic heterocycles. The van der Waals surface area contributed by atoms with Crippen LogP contribution in [0, 0.1) is 0 Å². The van der Waals surface area contributed by atoms with Gasteiger partial charge in [0.1, 0.15) is 11.5 Å². The van der Waals surface area contributed by atoms with E-state index >= 15 is 0 Å². The minimum atomic E-state index is -4.77. The number of rotatable bonds is 8. The Morgan fingerprint density at radius 3 is 2.41 bits per heavy atom. The number of ether oxygens (including phenoxy) is 3. The molecule has 2 rings (SSSR count). The molecule has 0 unspecified atom stereocenters. The Bertz CT molecular complexity index is 863. The maximum atomic E-state index is 12.1. The van der Waals surface area contributed by atoms with E-state index in [1.54, 1.807) is 24.3 Å². The number of alkyl halides is 3. The van der Waals surface area contributed by atoms with E-state index in [4.69, 9.17) is 9.47 Å². The molecule has 0 aliphatic heterocycles. The van der Waals surface area contributed by atoms with Gasteiger partial charge in [-0.25, -0.2) is 4.79 Å². The van der Waals surface area contributed by atoms with Gasteiger partial charge in [-0.3, -0.25) is 4.79 Å². The first-order valence-electron chi connectivity index (χ1n) is 8.36. The number of hydrogen-bond acceptors (Lipinski definition) is 5. The lowest BCUT2D eigenvalue weighted by Gasteiger charge is -2.09. The summed E-state index contributed by atoms with van der Waals surface area (Å²) in [6, 6.07) is 12.1. The normalized spacial score (nSPS) is 11.2. The molecule has 154 valence electrons. The van der Waals surface area contributed by atoms with Gasteiger partial charge >= 0.3 is 12.3 Å². The SMILES string of the molecule is COc1ccccc1CNC(=O)COC(=O)/C=C/c1ccc(OC(F)(F)F)cc1. The molecule has 1 N–H and O–H groups in total. The van der Waals surface area contributed by atoms with Crippen molar-refractivity contribution in [3.05, 3.63) is 65.7 Å². The molecular formula is C20H18F3NO5. The summed E-state index contributed by atoms with van der Waals surface area (Å²) >= 11 is 0. The average Bonchev–Trinajstić information content (AvgIpc) is 2.69. The number of methoxy groups -OCH3 is 1. The molecule has 0 bridgehead atoms. The Morgan fingerprint density at radius 1 is 1.07 bits per heavy atom. The van der Waals surface area contributed by atoms with Crippen LogP contribution < -0.4 is 14.8 Å². The second kappa shape index (κ2) is 10.2. The smallest absolute Gasteiger partial charge is 0.496 e. The zero-order valence-corrected chi connectivity index (χ0v) is 15.4. The van der Waals surface area contributed by atoms with Crippen molar-refractivity contribution in [3.8, 4) is 11.5 Å². The highest BCUT2D eigenvalue weighted by atomic mass is 19.4. The first-order chi connectivity index (χ1) is 13.8. The van der Waals surface area contributed by atoms with E-state index < -0.39 is 24.8 Å². The maximum absolute atomic E-state index is 12.1. The van der Waals surface area contributed by atoms with Crippen LogP contribution in [0.1, 0.15) is 11.1 Å². The maximum Gasteiger partial charge on any atom is 0.573 e. The monoisotopic (exact) mass is 409 g/mol. The summed E-state index contributed by atoms with van der Waals surface area (Å²) in [7, 11) is 1.52. The Labute approximate surface area is 164 Å². The summed E-state index contributed by atoms with van der Waals surface area (Å²) in [5, 5.41) is 2.60. The van der Waals surface area contributed by atoms with Gasteiger partial charge in [0.15, 0.2) is 6.61 Å². The average molecular weight is 409 g/mol. The van der Waals surface area contributed by atoms with Crippen LogP contribution in [0.2, 0.25) is 0 Å². The first kappa shape index (κ1) is 21.8. The number of carbonyl (C=O) groups is 2. The summed E-state index contributed by atoms with van der Waals surface area (Å²) in [5.74, 6) is -1.01. The number of nitrogens with one attached hydrogen (secondary N) is 1. The third-order valence-corrected chi connectivity index (χ3v) is 3.54. The number of para-hydroxylation sites is 1. The number of esters is 1. The highest BCUT2D eigenvalue weighted by Crippen LogP contribution is 2.23. The van der Waals surface area contributed by atoms with Crippen LogP contribution >= 0.6 is 0 Å². The third-order valence-electron chi connectivity index (χ3n) is 3.54. The number of benzene rings is 2. The highest BCUT2D eigenvalue weighted by Gasteiger charge is 2.30. The lowest BCUT2D eigenvalue weighted by molar-refractivity contribution is -0.274. The van der Waals surface area contributed by atoms with Gasteiger partial charge in [-0.05, 0) is 29.8 Å². The second-order valence-corrected chi connectivity index (χ2v) is 5.65. The molecule has 0 spiro atoms. The molecule has 2 aromatic carbocycles. The first-order valence-corrected chi connectivity index (χ1v) is 8.36. The van der Waals surface area contributed by atoms with Gasteiger partial charge < -0.3 is 19.5 Å². The number of carbonyl (C=O) groups excluding carboxylic acids is 2. The van der Waals surface area contributed by atoms with E-state index in [1.165, 1.54) is 25.3 Å². The van der Waals surface area contributed by atoms with Crippen LogP contribution in [0.5, 0.6) is 11.5 Å². The van der Waals surface area contributed by atoms with Crippen molar-refractivity contribution in [2.75, 3.05) is 13.7 Å². The van der Waals surface area contributed by atoms with Crippen molar-refractivity contribution in [2.45, 2.75) is 12.9 Å². The van der Waals surface area contributed by atoms with E-state index in [-0.39, 0.29) is 12.3 Å². The zero-order valence-electron chi connectivity index (χ0n) is 15.4. The predicted molar refractivity (Wildman–Crippen MR) is 98.0 cm³/mol. The standard InChI is InChI=1S/C20H18F3NO5/c1-27-17-5-3-2-4-15(17)12-24-18(25)13-28-19(26)11-8-14-6-9-16(10-7-14)29-20(21,22)23/h2-11H,12-13H2,1H3,(H,24,25)/b11-8+. The molecule has 29 heavy (non-hydrogen) atoms. The fourth-order valence-corrected chi connectivity index (χ4v) is 2.22. The van der Waals surface area contributed by atoms with Gasteiger partial charge in [-0.1, -0.05) is 30.3 Å². The van der Waals surface area contributed by atoms with Crippen LogP contribution in [0.4, 0.5) is 13.2 Å². The fraction of sp³-hybridized carbons (Fsp3) is 0.200. The van der Waals surface area contributed by atoms with Crippen LogP contribution in [0.3, 0.4) is 0 Å². The van der Waals surface area contributed by atoms with Gasteiger partial charge in [0, 0.05) is 18.2 Å². The molecule has 9 heteroatoms. The Balaban J connectivity index is 1.76. The fourth-order valence-electron chi connectivity index (χ4n) is 2.22.